The van der Waals surface area contributed by atoms with Crippen LogP contribution < -0.4 is 0 Å². The topological polar surface area (TPSA) is 17.8 Å². The maximum Gasteiger partial charge on any atom is 0.434 e. The molecule has 0 bridgehead atoms. The first-order valence-corrected chi connectivity index (χ1v) is 7.71. The lowest BCUT2D eigenvalue weighted by molar-refractivity contribution is -0.140. The Morgan fingerprint density at radius 1 is 1.00 bits per heavy atom. The molecular weight excluding hydrogens is 393 g/mol. The van der Waals surface area contributed by atoms with Gasteiger partial charge >= 0.3 is 6.18 Å². The number of aromatic nitrogens is 2. The summed E-state index contributed by atoms with van der Waals surface area (Å²) >= 11 is 9.43. The molecule has 0 N–H and O–H groups in total. The van der Waals surface area contributed by atoms with Crippen molar-refractivity contribution >= 4 is 27.5 Å². The summed E-state index contributed by atoms with van der Waals surface area (Å²) in [6.45, 7) is 0. The van der Waals surface area contributed by atoms with Crippen LogP contribution in [0.1, 0.15) is 5.69 Å². The first-order valence-electron chi connectivity index (χ1n) is 6.53. The summed E-state index contributed by atoms with van der Waals surface area (Å²) in [5.74, 6) is 0.144. The van der Waals surface area contributed by atoms with Gasteiger partial charge in [0.25, 0.3) is 0 Å². The van der Waals surface area contributed by atoms with Gasteiger partial charge in [-0.05, 0) is 36.4 Å². The summed E-state index contributed by atoms with van der Waals surface area (Å²) in [5, 5.41) is 0.338. The van der Waals surface area contributed by atoms with Crippen LogP contribution in [0, 0.1) is 0 Å². The molecule has 0 aliphatic heterocycles. The molecule has 3 rings (SSSR count). The predicted molar refractivity (Wildman–Crippen MR) is 86.7 cm³/mol. The molecule has 7 heteroatoms. The molecule has 0 atom stereocenters. The molecule has 118 valence electrons. The first kappa shape index (κ1) is 16.1. The quantitative estimate of drug-likeness (QED) is 0.517. The van der Waals surface area contributed by atoms with E-state index in [9.17, 15) is 13.2 Å². The van der Waals surface area contributed by atoms with E-state index in [1.54, 1.807) is 48.5 Å². The molecule has 23 heavy (non-hydrogen) atoms. The highest BCUT2D eigenvalue weighted by Crippen LogP contribution is 2.34. The van der Waals surface area contributed by atoms with E-state index >= 15 is 0 Å². The standard InChI is InChI=1S/C16H9BrClF3N2/c17-10-5-7-11(8-6-10)23-9-14(16(19,20)21)22-15(23)12-3-1-2-4-13(12)18/h1-9H. The maximum absolute atomic E-state index is 13.1. The van der Waals surface area contributed by atoms with Crippen LogP contribution in [0.2, 0.25) is 5.02 Å². The number of hydrogen-bond donors (Lipinski definition) is 0. The second-order valence-electron chi connectivity index (χ2n) is 4.77. The van der Waals surface area contributed by atoms with Gasteiger partial charge in [0.15, 0.2) is 5.69 Å². The van der Waals surface area contributed by atoms with E-state index in [0.29, 0.717) is 16.3 Å². The molecule has 1 aromatic heterocycles. The van der Waals surface area contributed by atoms with Crippen molar-refractivity contribution in [2.45, 2.75) is 6.18 Å². The van der Waals surface area contributed by atoms with Gasteiger partial charge in [-0.25, -0.2) is 4.98 Å². The molecule has 0 saturated carbocycles. The number of rotatable bonds is 2. The number of alkyl halides is 3. The van der Waals surface area contributed by atoms with E-state index in [2.05, 4.69) is 20.9 Å². The van der Waals surface area contributed by atoms with E-state index < -0.39 is 11.9 Å². The van der Waals surface area contributed by atoms with Crippen molar-refractivity contribution in [2.75, 3.05) is 0 Å². The molecule has 0 amide bonds. The molecule has 0 radical (unpaired) electrons. The fourth-order valence-corrected chi connectivity index (χ4v) is 2.63. The number of hydrogen-bond acceptors (Lipinski definition) is 1. The van der Waals surface area contributed by atoms with Gasteiger partial charge in [0.1, 0.15) is 5.82 Å². The predicted octanol–water partition coefficient (Wildman–Crippen LogP) is 5.97. The molecule has 0 fully saturated rings. The fourth-order valence-electron chi connectivity index (χ4n) is 2.15. The summed E-state index contributed by atoms with van der Waals surface area (Å²) in [4.78, 5) is 3.75. The second-order valence-corrected chi connectivity index (χ2v) is 6.10. The molecule has 0 aliphatic rings. The van der Waals surface area contributed by atoms with Crippen molar-refractivity contribution in [3.05, 3.63) is 69.9 Å². The maximum atomic E-state index is 13.1. The zero-order valence-electron chi connectivity index (χ0n) is 11.5. The minimum atomic E-state index is -4.53. The summed E-state index contributed by atoms with van der Waals surface area (Å²) in [6.07, 6.45) is -3.56. The van der Waals surface area contributed by atoms with Crippen LogP contribution in [0.4, 0.5) is 13.2 Å². The van der Waals surface area contributed by atoms with Crippen LogP contribution in [-0.2, 0) is 6.18 Å². The summed E-state index contributed by atoms with van der Waals surface area (Å²) in [5.41, 5.74) is 0.0362. The van der Waals surface area contributed by atoms with Crippen molar-refractivity contribution in [3.8, 4) is 17.1 Å². The Labute approximate surface area is 143 Å². The van der Waals surface area contributed by atoms with Crippen LogP contribution in [0.15, 0.2) is 59.2 Å². The van der Waals surface area contributed by atoms with Gasteiger partial charge in [-0.2, -0.15) is 13.2 Å². The highest BCUT2D eigenvalue weighted by atomic mass is 79.9. The van der Waals surface area contributed by atoms with E-state index in [1.165, 1.54) is 4.57 Å². The molecular formula is C16H9BrClF3N2. The summed E-state index contributed by atoms with van der Waals surface area (Å²) in [6, 6.07) is 13.6. The Kier molecular flexibility index (Phi) is 4.21. The zero-order valence-corrected chi connectivity index (χ0v) is 13.8. The Bertz CT molecular complexity index is 841. The number of halogens is 5. The molecule has 0 spiro atoms. The van der Waals surface area contributed by atoms with Gasteiger partial charge in [0.2, 0.25) is 0 Å². The average Bonchev–Trinajstić information content (AvgIpc) is 2.93. The lowest BCUT2D eigenvalue weighted by Crippen LogP contribution is -2.05. The zero-order chi connectivity index (χ0) is 16.6. The van der Waals surface area contributed by atoms with E-state index in [0.717, 1.165) is 10.7 Å². The van der Waals surface area contributed by atoms with Crippen LogP contribution >= 0.6 is 27.5 Å². The van der Waals surface area contributed by atoms with Crippen LogP contribution in [-0.4, -0.2) is 9.55 Å². The van der Waals surface area contributed by atoms with Gasteiger partial charge in [0, 0.05) is 21.9 Å². The average molecular weight is 402 g/mol. The van der Waals surface area contributed by atoms with Gasteiger partial charge in [0.05, 0.1) is 5.02 Å². The van der Waals surface area contributed by atoms with Gasteiger partial charge in [-0.1, -0.05) is 39.7 Å². The molecule has 0 unspecified atom stereocenters. The Balaban J connectivity index is 2.23. The van der Waals surface area contributed by atoms with E-state index in [-0.39, 0.29) is 5.82 Å². The molecule has 0 aliphatic carbocycles. The van der Waals surface area contributed by atoms with Crippen molar-refractivity contribution in [3.63, 3.8) is 0 Å². The molecule has 2 aromatic carbocycles. The van der Waals surface area contributed by atoms with Crippen LogP contribution in [0.25, 0.3) is 17.1 Å². The highest BCUT2D eigenvalue weighted by molar-refractivity contribution is 9.10. The molecule has 0 saturated heterocycles. The third kappa shape index (κ3) is 3.28. The smallest absolute Gasteiger partial charge is 0.299 e. The number of benzene rings is 2. The number of nitrogens with zero attached hydrogens (tertiary/aromatic N) is 2. The minimum absolute atomic E-state index is 0.144. The Hall–Kier alpha value is -1.79. The third-order valence-electron chi connectivity index (χ3n) is 3.22. The molecule has 3 aromatic rings. The summed E-state index contributed by atoms with van der Waals surface area (Å²) < 4.78 is 41.4. The minimum Gasteiger partial charge on any atom is -0.299 e. The lowest BCUT2D eigenvalue weighted by atomic mass is 10.2. The molecule has 1 heterocycles. The van der Waals surface area contributed by atoms with Crippen molar-refractivity contribution in [1.29, 1.82) is 0 Å². The largest absolute Gasteiger partial charge is 0.434 e. The van der Waals surface area contributed by atoms with Crippen LogP contribution in [0.3, 0.4) is 0 Å². The van der Waals surface area contributed by atoms with Crippen LogP contribution in [0.5, 0.6) is 0 Å². The monoisotopic (exact) mass is 400 g/mol. The van der Waals surface area contributed by atoms with Gasteiger partial charge in [-0.3, -0.25) is 4.57 Å². The van der Waals surface area contributed by atoms with E-state index in [1.807, 2.05) is 0 Å². The van der Waals surface area contributed by atoms with Crippen molar-refractivity contribution in [2.24, 2.45) is 0 Å². The fraction of sp³-hybridized carbons (Fsp3) is 0.0625. The first-order chi connectivity index (χ1) is 10.9. The second kappa shape index (κ2) is 6.02. The summed E-state index contributed by atoms with van der Waals surface area (Å²) in [7, 11) is 0. The normalized spacial score (nSPS) is 11.7. The molecule has 2 nitrogen and oxygen atoms in total. The van der Waals surface area contributed by atoms with E-state index in [4.69, 9.17) is 11.6 Å². The Morgan fingerprint density at radius 3 is 2.26 bits per heavy atom. The third-order valence-corrected chi connectivity index (χ3v) is 4.07. The van der Waals surface area contributed by atoms with Crippen molar-refractivity contribution in [1.82, 2.24) is 9.55 Å². The number of imidazole rings is 1. The highest BCUT2D eigenvalue weighted by Gasteiger charge is 2.35. The van der Waals surface area contributed by atoms with Gasteiger partial charge in [-0.15, -0.1) is 0 Å². The van der Waals surface area contributed by atoms with Gasteiger partial charge < -0.3 is 0 Å². The van der Waals surface area contributed by atoms with Crippen molar-refractivity contribution < 1.29 is 13.2 Å². The lowest BCUT2D eigenvalue weighted by Gasteiger charge is -2.09. The Morgan fingerprint density at radius 2 is 1.65 bits per heavy atom. The SMILES string of the molecule is FC(F)(F)c1cn(-c2ccc(Br)cc2)c(-c2ccccc2Cl)n1.